The average molecular weight is 245 g/mol. The molecule has 0 spiro atoms. The van der Waals surface area contributed by atoms with Crippen molar-refractivity contribution in [2.45, 2.75) is 17.1 Å². The number of fused-ring (bicyclic) bond motifs is 1. The van der Waals surface area contributed by atoms with Crippen molar-refractivity contribution in [2.75, 3.05) is 5.73 Å². The summed E-state index contributed by atoms with van der Waals surface area (Å²) in [5.41, 5.74) is 7.76. The normalized spacial score (nSPS) is 11.1. The van der Waals surface area contributed by atoms with Gasteiger partial charge < -0.3 is 15.7 Å². The Morgan fingerprint density at radius 2 is 2.00 bits per heavy atom. The first-order valence-corrected chi connectivity index (χ1v) is 5.99. The second-order valence-corrected chi connectivity index (χ2v) is 4.68. The van der Waals surface area contributed by atoms with Gasteiger partial charge >= 0.3 is 0 Å². The van der Waals surface area contributed by atoms with E-state index in [1.807, 2.05) is 31.2 Å². The molecule has 0 saturated heterocycles. The monoisotopic (exact) mass is 245 g/mol. The first kappa shape index (κ1) is 10.2. The first-order valence-electron chi connectivity index (χ1n) is 5.17. The Bertz CT molecular complexity index is 636. The number of benzene rings is 1. The quantitative estimate of drug-likeness (QED) is 0.647. The SMILES string of the molecule is Cc1nc(Sc2nc3ccccc3[nH]2)c(N)[nH]1. The number of H-pyrrole nitrogens is 2. The molecule has 17 heavy (non-hydrogen) atoms. The molecule has 0 aliphatic rings. The van der Waals surface area contributed by atoms with Crippen molar-refractivity contribution in [1.29, 1.82) is 0 Å². The molecule has 0 saturated carbocycles. The summed E-state index contributed by atoms with van der Waals surface area (Å²) in [6.45, 7) is 1.87. The van der Waals surface area contributed by atoms with Crippen LogP contribution >= 0.6 is 11.8 Å². The summed E-state index contributed by atoms with van der Waals surface area (Å²) in [6, 6.07) is 7.90. The predicted molar refractivity (Wildman–Crippen MR) is 68.0 cm³/mol. The van der Waals surface area contributed by atoms with E-state index in [1.54, 1.807) is 0 Å². The fourth-order valence-electron chi connectivity index (χ4n) is 1.64. The van der Waals surface area contributed by atoms with Crippen LogP contribution in [0.15, 0.2) is 34.4 Å². The zero-order chi connectivity index (χ0) is 11.8. The third kappa shape index (κ3) is 1.87. The standard InChI is InChI=1S/C11H11N5S/c1-6-13-9(12)10(14-6)17-11-15-7-4-2-3-5-8(7)16-11/h2-5H,12H2,1H3,(H,13,14)(H,15,16). The average Bonchev–Trinajstić information content (AvgIpc) is 2.82. The van der Waals surface area contributed by atoms with Crippen LogP contribution in [0.2, 0.25) is 0 Å². The maximum Gasteiger partial charge on any atom is 0.172 e. The molecule has 4 N–H and O–H groups in total. The highest BCUT2D eigenvalue weighted by atomic mass is 32.2. The number of nitrogens with two attached hydrogens (primary N) is 1. The van der Waals surface area contributed by atoms with Gasteiger partial charge in [0.15, 0.2) is 5.16 Å². The van der Waals surface area contributed by atoms with Crippen LogP contribution in [-0.2, 0) is 0 Å². The van der Waals surface area contributed by atoms with Crippen LogP contribution in [0.5, 0.6) is 0 Å². The van der Waals surface area contributed by atoms with E-state index in [2.05, 4.69) is 19.9 Å². The van der Waals surface area contributed by atoms with Crippen molar-refractivity contribution < 1.29 is 0 Å². The largest absolute Gasteiger partial charge is 0.383 e. The van der Waals surface area contributed by atoms with E-state index < -0.39 is 0 Å². The van der Waals surface area contributed by atoms with E-state index in [0.29, 0.717) is 5.82 Å². The van der Waals surface area contributed by atoms with Gasteiger partial charge in [0.2, 0.25) is 0 Å². The Morgan fingerprint density at radius 3 is 2.71 bits per heavy atom. The number of nitrogens with zero attached hydrogens (tertiary/aromatic N) is 2. The van der Waals surface area contributed by atoms with Crippen LogP contribution in [0, 0.1) is 6.92 Å². The Kier molecular flexibility index (Phi) is 2.29. The van der Waals surface area contributed by atoms with Crippen LogP contribution in [0.3, 0.4) is 0 Å². The number of nitrogens with one attached hydrogen (secondary N) is 2. The number of para-hydroxylation sites is 2. The maximum absolute atomic E-state index is 5.80. The molecular weight excluding hydrogens is 234 g/mol. The zero-order valence-electron chi connectivity index (χ0n) is 9.19. The van der Waals surface area contributed by atoms with Gasteiger partial charge in [0.1, 0.15) is 16.7 Å². The summed E-state index contributed by atoms with van der Waals surface area (Å²) < 4.78 is 0. The molecule has 0 radical (unpaired) electrons. The summed E-state index contributed by atoms with van der Waals surface area (Å²) in [7, 11) is 0. The fraction of sp³-hybridized carbons (Fsp3) is 0.0909. The molecular formula is C11H11N5S. The van der Waals surface area contributed by atoms with E-state index in [9.17, 15) is 0 Å². The zero-order valence-corrected chi connectivity index (χ0v) is 10.0. The topological polar surface area (TPSA) is 83.4 Å². The van der Waals surface area contributed by atoms with Crippen LogP contribution in [0.4, 0.5) is 5.82 Å². The van der Waals surface area contributed by atoms with Crippen molar-refractivity contribution in [2.24, 2.45) is 0 Å². The Balaban J connectivity index is 1.97. The van der Waals surface area contributed by atoms with Gasteiger partial charge in [0.05, 0.1) is 11.0 Å². The number of aryl methyl sites for hydroxylation is 1. The number of anilines is 1. The highest BCUT2D eigenvalue weighted by Crippen LogP contribution is 2.29. The molecule has 0 fully saturated rings. The van der Waals surface area contributed by atoms with E-state index in [4.69, 9.17) is 5.73 Å². The van der Waals surface area contributed by atoms with Crippen molar-refractivity contribution in [3.05, 3.63) is 30.1 Å². The summed E-state index contributed by atoms with van der Waals surface area (Å²) in [5, 5.41) is 1.55. The number of hydrogen-bond acceptors (Lipinski definition) is 4. The lowest BCUT2D eigenvalue weighted by molar-refractivity contribution is 1.06. The van der Waals surface area contributed by atoms with Gasteiger partial charge in [-0.05, 0) is 30.8 Å². The molecule has 0 atom stereocenters. The smallest absolute Gasteiger partial charge is 0.172 e. The molecule has 0 aliphatic carbocycles. The molecule has 0 unspecified atom stereocenters. The summed E-state index contributed by atoms with van der Waals surface area (Å²) in [6.07, 6.45) is 0. The van der Waals surface area contributed by atoms with Gasteiger partial charge in [0, 0.05) is 0 Å². The summed E-state index contributed by atoms with van der Waals surface area (Å²) >= 11 is 1.43. The van der Waals surface area contributed by atoms with Gasteiger partial charge in [-0.15, -0.1) is 0 Å². The van der Waals surface area contributed by atoms with Crippen LogP contribution < -0.4 is 5.73 Å². The minimum Gasteiger partial charge on any atom is -0.383 e. The van der Waals surface area contributed by atoms with Gasteiger partial charge in [-0.2, -0.15) is 0 Å². The third-order valence-corrected chi connectivity index (χ3v) is 3.27. The number of aromatic amines is 2. The van der Waals surface area contributed by atoms with Crippen LogP contribution in [0.25, 0.3) is 11.0 Å². The summed E-state index contributed by atoms with van der Waals surface area (Å²) in [4.78, 5) is 14.9. The van der Waals surface area contributed by atoms with Gasteiger partial charge in [0.25, 0.3) is 0 Å². The molecule has 3 rings (SSSR count). The van der Waals surface area contributed by atoms with Crippen molar-refractivity contribution in [3.8, 4) is 0 Å². The number of imidazole rings is 2. The molecule has 0 amide bonds. The summed E-state index contributed by atoms with van der Waals surface area (Å²) in [5.74, 6) is 1.38. The number of nitrogen functional groups attached to an aromatic ring is 1. The van der Waals surface area contributed by atoms with E-state index in [0.717, 1.165) is 27.0 Å². The Morgan fingerprint density at radius 1 is 1.18 bits per heavy atom. The Labute approximate surface area is 102 Å². The molecule has 5 nitrogen and oxygen atoms in total. The lowest BCUT2D eigenvalue weighted by Crippen LogP contribution is -1.86. The van der Waals surface area contributed by atoms with Gasteiger partial charge in [-0.3, -0.25) is 0 Å². The number of hydrogen-bond donors (Lipinski definition) is 3. The maximum atomic E-state index is 5.80. The second-order valence-electron chi connectivity index (χ2n) is 3.70. The van der Waals surface area contributed by atoms with Crippen LogP contribution in [-0.4, -0.2) is 19.9 Å². The highest BCUT2D eigenvalue weighted by Gasteiger charge is 2.10. The molecule has 6 heteroatoms. The lowest BCUT2D eigenvalue weighted by atomic mass is 10.3. The number of rotatable bonds is 2. The van der Waals surface area contributed by atoms with E-state index in [-0.39, 0.29) is 0 Å². The molecule has 2 aromatic heterocycles. The molecule has 0 aliphatic heterocycles. The van der Waals surface area contributed by atoms with Gasteiger partial charge in [-0.25, -0.2) is 9.97 Å². The molecule has 86 valence electrons. The predicted octanol–water partition coefficient (Wildman–Crippen LogP) is 2.33. The second kappa shape index (κ2) is 3.81. The Hall–Kier alpha value is -1.95. The minimum absolute atomic E-state index is 0.577. The lowest BCUT2D eigenvalue weighted by Gasteiger charge is -1.92. The first-order chi connectivity index (χ1) is 8.22. The van der Waals surface area contributed by atoms with Gasteiger partial charge in [-0.1, -0.05) is 12.1 Å². The van der Waals surface area contributed by atoms with Crippen molar-refractivity contribution >= 4 is 28.6 Å². The molecule has 0 bridgehead atoms. The number of aromatic nitrogens is 4. The molecule has 1 aromatic carbocycles. The fourth-order valence-corrected chi connectivity index (χ4v) is 2.47. The molecule has 2 heterocycles. The van der Waals surface area contributed by atoms with Crippen LogP contribution in [0.1, 0.15) is 5.82 Å². The third-order valence-electron chi connectivity index (χ3n) is 2.38. The minimum atomic E-state index is 0.577. The molecule has 3 aromatic rings. The highest BCUT2D eigenvalue weighted by molar-refractivity contribution is 7.99. The van der Waals surface area contributed by atoms with Crippen molar-refractivity contribution in [1.82, 2.24) is 19.9 Å². The van der Waals surface area contributed by atoms with Crippen molar-refractivity contribution in [3.63, 3.8) is 0 Å². The van der Waals surface area contributed by atoms with E-state index >= 15 is 0 Å². The van der Waals surface area contributed by atoms with E-state index in [1.165, 1.54) is 11.8 Å².